The summed E-state index contributed by atoms with van der Waals surface area (Å²) in [7, 11) is 0. The van der Waals surface area contributed by atoms with E-state index in [-0.39, 0.29) is 0 Å². The molecule has 16 heavy (non-hydrogen) atoms. The third-order valence-corrected chi connectivity index (χ3v) is 2.24. The Bertz CT molecular complexity index is 527. The molecule has 0 aliphatic rings. The molecule has 0 fully saturated rings. The van der Waals surface area contributed by atoms with E-state index in [1.54, 1.807) is 12.4 Å². The summed E-state index contributed by atoms with van der Waals surface area (Å²) in [5.74, 6) is 0. The molecule has 1 aromatic heterocycles. The van der Waals surface area contributed by atoms with Crippen LogP contribution in [0.15, 0.2) is 54.9 Å². The highest BCUT2D eigenvalue weighted by Gasteiger charge is 1.89. The highest BCUT2D eigenvalue weighted by atomic mass is 15.3. The highest BCUT2D eigenvalue weighted by molar-refractivity contribution is 5.82. The second-order valence-corrected chi connectivity index (χ2v) is 3.51. The van der Waals surface area contributed by atoms with E-state index in [9.17, 15) is 0 Å². The number of hydrogen-bond acceptors (Lipinski definition) is 2. The topological polar surface area (TPSA) is 41.6 Å². The first-order chi connectivity index (χ1) is 7.86. The van der Waals surface area contributed by atoms with E-state index in [0.717, 1.165) is 0 Å². The van der Waals surface area contributed by atoms with Crippen molar-refractivity contribution >= 4 is 10.8 Å². The minimum atomic E-state index is 1.32. The van der Waals surface area contributed by atoms with Crippen molar-refractivity contribution in [3.05, 3.63) is 60.4 Å². The van der Waals surface area contributed by atoms with Crippen molar-refractivity contribution in [3.8, 4) is 0 Å². The molecule has 1 heterocycles. The van der Waals surface area contributed by atoms with Crippen molar-refractivity contribution in [3.63, 3.8) is 0 Å². The molecule has 2 aromatic carbocycles. The predicted molar refractivity (Wildman–Crippen MR) is 65.1 cm³/mol. The van der Waals surface area contributed by atoms with Gasteiger partial charge in [-0.25, -0.2) is 0 Å². The number of nitrogens with one attached hydrogen (secondary N) is 1. The van der Waals surface area contributed by atoms with E-state index in [1.807, 2.05) is 0 Å². The maximum Gasteiger partial charge on any atom is 0.0690 e. The summed E-state index contributed by atoms with van der Waals surface area (Å²) in [5, 5.41) is 11.9. The minimum Gasteiger partial charge on any atom is -0.266 e. The maximum atomic E-state index is 3.42. The lowest BCUT2D eigenvalue weighted by atomic mass is 10.1. The highest BCUT2D eigenvalue weighted by Crippen LogP contribution is 2.14. The van der Waals surface area contributed by atoms with Crippen LogP contribution < -0.4 is 0 Å². The molecular weight excluding hydrogens is 198 g/mol. The van der Waals surface area contributed by atoms with Gasteiger partial charge in [0.25, 0.3) is 0 Å². The van der Waals surface area contributed by atoms with Crippen LogP contribution >= 0.6 is 0 Å². The lowest BCUT2D eigenvalue weighted by Crippen LogP contribution is -1.73. The third-order valence-electron chi connectivity index (χ3n) is 2.24. The molecule has 0 amide bonds. The quantitative estimate of drug-likeness (QED) is 0.621. The molecular formula is C13H13N3. The number of nitrogens with zero attached hydrogens (tertiary/aromatic N) is 2. The Kier molecular flexibility index (Phi) is 3.28. The molecule has 1 N–H and O–H groups in total. The van der Waals surface area contributed by atoms with Crippen molar-refractivity contribution in [1.29, 1.82) is 0 Å². The summed E-state index contributed by atoms with van der Waals surface area (Å²) in [6.45, 7) is 2.12. The fraction of sp³-hybridized carbons (Fsp3) is 0.0769. The predicted octanol–water partition coefficient (Wildman–Crippen LogP) is 2.95. The Morgan fingerprint density at radius 3 is 2.44 bits per heavy atom. The summed E-state index contributed by atoms with van der Waals surface area (Å²) in [6, 6.07) is 14.9. The first-order valence-corrected chi connectivity index (χ1v) is 5.12. The van der Waals surface area contributed by atoms with Gasteiger partial charge >= 0.3 is 0 Å². The van der Waals surface area contributed by atoms with Gasteiger partial charge in [0, 0.05) is 6.20 Å². The standard InChI is InChI=1S/C11H10.C2H3N3/c1-9-6-7-10-4-2-3-5-11(10)8-9;1-2-4-5-3-1/h2-8H,1H3;1-2H,(H,3,4,5). The number of fused-ring (bicyclic) bond motifs is 1. The normalized spacial score (nSPS) is 9.56. The molecule has 80 valence electrons. The average Bonchev–Trinajstić information content (AvgIpc) is 2.87. The van der Waals surface area contributed by atoms with Crippen LogP contribution in [0.1, 0.15) is 5.56 Å². The second kappa shape index (κ2) is 5.07. The van der Waals surface area contributed by atoms with Gasteiger partial charge in [-0.1, -0.05) is 53.2 Å². The Labute approximate surface area is 94.1 Å². The molecule has 0 radical (unpaired) electrons. The lowest BCUT2D eigenvalue weighted by molar-refractivity contribution is 0.940. The molecule has 0 spiro atoms. The van der Waals surface area contributed by atoms with E-state index in [0.29, 0.717) is 0 Å². The SMILES string of the molecule is Cc1ccc2ccccc2c1.c1c[nH]nn1. The van der Waals surface area contributed by atoms with Gasteiger partial charge in [0.2, 0.25) is 0 Å². The van der Waals surface area contributed by atoms with Crippen molar-refractivity contribution in [2.75, 3.05) is 0 Å². The smallest absolute Gasteiger partial charge is 0.0690 e. The number of aromatic amines is 1. The van der Waals surface area contributed by atoms with Gasteiger partial charge in [0.05, 0.1) is 6.20 Å². The molecule has 0 saturated heterocycles. The summed E-state index contributed by atoms with van der Waals surface area (Å²) in [5.41, 5.74) is 1.32. The lowest BCUT2D eigenvalue weighted by Gasteiger charge is -1.96. The number of aromatic nitrogens is 3. The van der Waals surface area contributed by atoms with Crippen LogP contribution in [0, 0.1) is 6.92 Å². The zero-order valence-electron chi connectivity index (χ0n) is 9.09. The van der Waals surface area contributed by atoms with Crippen LogP contribution in [0.5, 0.6) is 0 Å². The summed E-state index contributed by atoms with van der Waals surface area (Å²) in [6.07, 6.45) is 3.24. The van der Waals surface area contributed by atoms with E-state index >= 15 is 0 Å². The van der Waals surface area contributed by atoms with Crippen LogP contribution in [-0.4, -0.2) is 15.4 Å². The Balaban J connectivity index is 0.000000162. The number of rotatable bonds is 0. The van der Waals surface area contributed by atoms with Gasteiger partial charge in [0.1, 0.15) is 0 Å². The fourth-order valence-electron chi connectivity index (χ4n) is 1.48. The third kappa shape index (κ3) is 2.67. The van der Waals surface area contributed by atoms with Crippen LogP contribution in [0.3, 0.4) is 0 Å². The van der Waals surface area contributed by atoms with Gasteiger partial charge in [-0.3, -0.25) is 5.10 Å². The van der Waals surface area contributed by atoms with Crippen molar-refractivity contribution in [2.24, 2.45) is 0 Å². The van der Waals surface area contributed by atoms with Gasteiger partial charge < -0.3 is 0 Å². The van der Waals surface area contributed by atoms with E-state index in [4.69, 9.17) is 0 Å². The van der Waals surface area contributed by atoms with E-state index in [2.05, 4.69) is 64.8 Å². The van der Waals surface area contributed by atoms with Crippen LogP contribution in [0.4, 0.5) is 0 Å². The molecule has 0 saturated carbocycles. The summed E-state index contributed by atoms with van der Waals surface area (Å²) >= 11 is 0. The average molecular weight is 211 g/mol. The number of hydrogen-bond donors (Lipinski definition) is 1. The van der Waals surface area contributed by atoms with Crippen molar-refractivity contribution < 1.29 is 0 Å². The molecule has 3 nitrogen and oxygen atoms in total. The van der Waals surface area contributed by atoms with Gasteiger partial charge in [-0.05, 0) is 17.7 Å². The fourth-order valence-corrected chi connectivity index (χ4v) is 1.48. The number of benzene rings is 2. The Hall–Kier alpha value is -2.16. The first-order valence-electron chi connectivity index (χ1n) is 5.12. The van der Waals surface area contributed by atoms with Crippen molar-refractivity contribution in [2.45, 2.75) is 6.92 Å². The molecule has 0 bridgehead atoms. The van der Waals surface area contributed by atoms with Crippen LogP contribution in [-0.2, 0) is 0 Å². The summed E-state index contributed by atoms with van der Waals surface area (Å²) in [4.78, 5) is 0. The maximum absolute atomic E-state index is 3.42. The molecule has 0 unspecified atom stereocenters. The Morgan fingerprint density at radius 2 is 1.81 bits per heavy atom. The molecule has 0 aliphatic heterocycles. The molecule has 3 heteroatoms. The first kappa shape index (κ1) is 10.4. The monoisotopic (exact) mass is 211 g/mol. The largest absolute Gasteiger partial charge is 0.266 e. The summed E-state index contributed by atoms with van der Waals surface area (Å²) < 4.78 is 0. The van der Waals surface area contributed by atoms with Gasteiger partial charge in [-0.2, -0.15) is 0 Å². The molecule has 3 rings (SSSR count). The second-order valence-electron chi connectivity index (χ2n) is 3.51. The zero-order valence-corrected chi connectivity index (χ0v) is 9.09. The van der Waals surface area contributed by atoms with Crippen LogP contribution in [0.25, 0.3) is 10.8 Å². The number of aryl methyl sites for hydroxylation is 1. The van der Waals surface area contributed by atoms with Gasteiger partial charge in [-0.15, -0.1) is 5.10 Å². The Morgan fingerprint density at radius 1 is 1.00 bits per heavy atom. The van der Waals surface area contributed by atoms with Gasteiger partial charge in [0.15, 0.2) is 0 Å². The van der Waals surface area contributed by atoms with E-state index < -0.39 is 0 Å². The zero-order chi connectivity index (χ0) is 11.2. The molecule has 0 atom stereocenters. The molecule has 3 aromatic rings. The minimum absolute atomic E-state index is 1.32. The molecule has 0 aliphatic carbocycles. The van der Waals surface area contributed by atoms with E-state index in [1.165, 1.54) is 16.3 Å². The van der Waals surface area contributed by atoms with Crippen LogP contribution in [0.2, 0.25) is 0 Å². The van der Waals surface area contributed by atoms with Crippen molar-refractivity contribution in [1.82, 2.24) is 15.4 Å². The number of H-pyrrole nitrogens is 1.